The van der Waals surface area contributed by atoms with E-state index in [-0.39, 0.29) is 5.92 Å². The van der Waals surface area contributed by atoms with E-state index in [1.807, 2.05) is 12.4 Å². The first-order chi connectivity index (χ1) is 19.1. The topological polar surface area (TPSA) is 87.5 Å². The lowest BCUT2D eigenvalue weighted by atomic mass is 9.86. The van der Waals surface area contributed by atoms with Crippen molar-refractivity contribution in [1.82, 2.24) is 19.5 Å². The number of piperazine rings is 1. The Morgan fingerprint density at radius 1 is 0.974 bits per heavy atom. The fourth-order valence-electron chi connectivity index (χ4n) is 6.16. The summed E-state index contributed by atoms with van der Waals surface area (Å²) in [6.45, 7) is 4.41. The number of anilines is 2. The Kier molecular flexibility index (Phi) is 5.92. The molecule has 4 saturated heterocycles. The number of thioether (sulfide) groups is 1. The molecule has 8 nitrogen and oxygen atoms in total. The molecular weight excluding hydrogens is 504 g/mol. The maximum Gasteiger partial charge on any atom is 0.128 e. The van der Waals surface area contributed by atoms with Crippen LogP contribution in [-0.4, -0.2) is 64.0 Å². The molecule has 4 aliphatic heterocycles. The molecule has 9 heteroatoms. The predicted octanol–water partition coefficient (Wildman–Crippen LogP) is 4.41. The van der Waals surface area contributed by atoms with Crippen molar-refractivity contribution in [2.24, 2.45) is 5.92 Å². The molecule has 4 aliphatic rings. The maximum atomic E-state index is 9.70. The van der Waals surface area contributed by atoms with Crippen molar-refractivity contribution in [3.05, 3.63) is 72.2 Å². The zero-order valence-corrected chi connectivity index (χ0v) is 22.6. The molecule has 2 bridgehead atoms. The quantitative estimate of drug-likeness (QED) is 0.338. The third kappa shape index (κ3) is 4.19. The molecule has 39 heavy (non-hydrogen) atoms. The molecule has 7 heterocycles. The first-order valence-corrected chi connectivity index (χ1v) is 14.5. The number of hydrogen-bond acceptors (Lipinski definition) is 8. The Bertz CT molecular complexity index is 1600. The summed E-state index contributed by atoms with van der Waals surface area (Å²) in [7, 11) is 0. The molecule has 0 saturated carbocycles. The van der Waals surface area contributed by atoms with Gasteiger partial charge in [0.2, 0.25) is 0 Å². The van der Waals surface area contributed by atoms with Crippen LogP contribution < -0.4 is 9.80 Å². The van der Waals surface area contributed by atoms with E-state index in [1.54, 1.807) is 22.5 Å². The van der Waals surface area contributed by atoms with Crippen molar-refractivity contribution < 1.29 is 0 Å². The number of rotatable bonds is 6. The Morgan fingerprint density at radius 2 is 1.77 bits per heavy atom. The van der Waals surface area contributed by atoms with Crippen molar-refractivity contribution in [1.29, 1.82) is 10.5 Å². The molecule has 0 spiro atoms. The lowest BCUT2D eigenvalue weighted by molar-refractivity contribution is -0.00869. The summed E-state index contributed by atoms with van der Waals surface area (Å²) >= 11 is 1.78. The number of piperidine rings is 1. The van der Waals surface area contributed by atoms with Gasteiger partial charge in [-0.3, -0.25) is 4.90 Å². The van der Waals surface area contributed by atoms with Crippen molar-refractivity contribution in [2.75, 3.05) is 42.2 Å². The highest BCUT2D eigenvalue weighted by Crippen LogP contribution is 2.37. The Morgan fingerprint density at radius 3 is 2.44 bits per heavy atom. The predicted molar refractivity (Wildman–Crippen MR) is 153 cm³/mol. The van der Waals surface area contributed by atoms with Crippen LogP contribution in [0.1, 0.15) is 17.5 Å². The second-order valence-corrected chi connectivity index (χ2v) is 11.6. The molecule has 4 aromatic rings. The summed E-state index contributed by atoms with van der Waals surface area (Å²) in [6, 6.07) is 21.0. The molecule has 8 rings (SSSR count). The van der Waals surface area contributed by atoms with Crippen molar-refractivity contribution in [3.63, 3.8) is 0 Å². The zero-order valence-electron chi connectivity index (χ0n) is 21.7. The molecule has 0 aliphatic carbocycles. The van der Waals surface area contributed by atoms with Crippen LogP contribution in [0.5, 0.6) is 0 Å². The average Bonchev–Trinajstić information content (AvgIpc) is 3.38. The molecule has 0 N–H and O–H groups in total. The van der Waals surface area contributed by atoms with Gasteiger partial charge in [0.15, 0.2) is 0 Å². The summed E-state index contributed by atoms with van der Waals surface area (Å²) in [5.74, 6) is 1.06. The first-order valence-electron chi connectivity index (χ1n) is 13.3. The summed E-state index contributed by atoms with van der Waals surface area (Å²) < 4.78 is 1.78. The van der Waals surface area contributed by atoms with Gasteiger partial charge < -0.3 is 9.80 Å². The van der Waals surface area contributed by atoms with Crippen LogP contribution in [-0.2, 0) is 6.54 Å². The van der Waals surface area contributed by atoms with Gasteiger partial charge in [-0.1, -0.05) is 12.1 Å². The Hall–Kier alpha value is -4.05. The Balaban J connectivity index is 1.10. The van der Waals surface area contributed by atoms with Gasteiger partial charge in [-0.25, -0.2) is 9.50 Å². The molecule has 2 unspecified atom stereocenters. The number of nitriles is 2. The van der Waals surface area contributed by atoms with Crippen LogP contribution in [0.15, 0.2) is 66.0 Å². The highest BCUT2D eigenvalue weighted by molar-refractivity contribution is 7.98. The lowest BCUT2D eigenvalue weighted by Crippen LogP contribution is -2.68. The molecule has 2 atom stereocenters. The van der Waals surface area contributed by atoms with Gasteiger partial charge in [-0.15, -0.1) is 11.8 Å². The normalized spacial score (nSPS) is 20.8. The van der Waals surface area contributed by atoms with Crippen LogP contribution in [0.4, 0.5) is 11.5 Å². The van der Waals surface area contributed by atoms with Crippen LogP contribution in [0.25, 0.3) is 16.6 Å². The van der Waals surface area contributed by atoms with E-state index in [9.17, 15) is 10.5 Å². The van der Waals surface area contributed by atoms with E-state index < -0.39 is 0 Å². The van der Waals surface area contributed by atoms with Crippen molar-refractivity contribution in [3.8, 4) is 23.3 Å². The fraction of sp³-hybridized carbons (Fsp3) is 0.333. The number of pyridine rings is 2. The minimum absolute atomic E-state index is 0.0600. The SMILES string of the molecule is CSc1ccc(CN2C3CC2CN(c2ccc(-c4cc(N5CC(C#N)C5)cn5ncc(C#N)c45)cn2)C3)cc1. The van der Waals surface area contributed by atoms with Crippen molar-refractivity contribution >= 4 is 28.8 Å². The fourth-order valence-corrected chi connectivity index (χ4v) is 6.57. The minimum Gasteiger partial charge on any atom is -0.367 e. The van der Waals surface area contributed by atoms with Gasteiger partial charge in [0, 0.05) is 67.0 Å². The van der Waals surface area contributed by atoms with E-state index >= 15 is 0 Å². The van der Waals surface area contributed by atoms with Crippen LogP contribution in [0.3, 0.4) is 0 Å². The molecule has 4 fully saturated rings. The minimum atomic E-state index is 0.0600. The van der Waals surface area contributed by atoms with E-state index in [0.717, 1.165) is 47.8 Å². The van der Waals surface area contributed by atoms with Gasteiger partial charge in [0.1, 0.15) is 11.9 Å². The smallest absolute Gasteiger partial charge is 0.128 e. The second-order valence-electron chi connectivity index (χ2n) is 10.7. The monoisotopic (exact) mass is 532 g/mol. The van der Waals surface area contributed by atoms with Gasteiger partial charge in [-0.2, -0.15) is 15.6 Å². The molecular formula is C30H28N8S. The standard InChI is InChI=1S/C30H28N8S/c1-39-27-5-2-20(3-6-27)16-37-25-8-26(37)18-36(17-25)29-7-4-22(12-33-29)28-9-24(35-14-21(10-31)15-35)19-38-30(28)23(11-32)13-34-38/h2-7,9,12-13,19,21,25-26H,8,14-18H2,1H3. The molecule has 0 amide bonds. The van der Waals surface area contributed by atoms with Gasteiger partial charge >= 0.3 is 0 Å². The number of benzene rings is 1. The van der Waals surface area contributed by atoms with Crippen LogP contribution in [0.2, 0.25) is 0 Å². The maximum absolute atomic E-state index is 9.70. The molecule has 194 valence electrons. The number of hydrogen-bond donors (Lipinski definition) is 0. The molecule has 0 radical (unpaired) electrons. The van der Waals surface area contributed by atoms with E-state index in [4.69, 9.17) is 4.98 Å². The first kappa shape index (κ1) is 24.0. The van der Waals surface area contributed by atoms with Gasteiger partial charge in [-0.05, 0) is 48.6 Å². The summed E-state index contributed by atoms with van der Waals surface area (Å²) in [5, 5.41) is 23.3. The molecule has 3 aromatic heterocycles. The van der Waals surface area contributed by atoms with E-state index in [2.05, 4.69) is 80.7 Å². The number of nitrogens with zero attached hydrogens (tertiary/aromatic N) is 8. The third-order valence-electron chi connectivity index (χ3n) is 8.40. The lowest BCUT2D eigenvalue weighted by Gasteiger charge is -2.56. The number of fused-ring (bicyclic) bond motifs is 3. The average molecular weight is 533 g/mol. The third-order valence-corrected chi connectivity index (χ3v) is 9.14. The summed E-state index contributed by atoms with van der Waals surface area (Å²) in [5.41, 5.74) is 5.59. The second kappa shape index (κ2) is 9.60. The highest BCUT2D eigenvalue weighted by atomic mass is 32.2. The van der Waals surface area contributed by atoms with Crippen molar-refractivity contribution in [2.45, 2.75) is 29.9 Å². The molecule has 1 aromatic carbocycles. The Labute approximate surface area is 232 Å². The van der Waals surface area contributed by atoms with E-state index in [1.165, 1.54) is 16.9 Å². The van der Waals surface area contributed by atoms with E-state index in [0.29, 0.717) is 30.7 Å². The number of aromatic nitrogens is 3. The summed E-state index contributed by atoms with van der Waals surface area (Å²) in [6.07, 6.45) is 8.84. The van der Waals surface area contributed by atoms with Crippen LogP contribution in [0, 0.1) is 28.6 Å². The van der Waals surface area contributed by atoms with Gasteiger partial charge in [0.05, 0.1) is 41.1 Å². The summed E-state index contributed by atoms with van der Waals surface area (Å²) in [4.78, 5) is 13.4. The highest BCUT2D eigenvalue weighted by Gasteiger charge is 2.44. The van der Waals surface area contributed by atoms with Gasteiger partial charge in [0.25, 0.3) is 0 Å². The zero-order chi connectivity index (χ0) is 26.5. The van der Waals surface area contributed by atoms with Crippen LogP contribution >= 0.6 is 11.8 Å². The largest absolute Gasteiger partial charge is 0.367 e.